The Labute approximate surface area is 165 Å². The number of thiophene rings is 1. The van der Waals surface area contributed by atoms with Gasteiger partial charge in [0.1, 0.15) is 4.83 Å². The Balaban J connectivity index is 1.68. The Kier molecular flexibility index (Phi) is 4.50. The van der Waals surface area contributed by atoms with Gasteiger partial charge in [0.2, 0.25) is 10.0 Å². The minimum atomic E-state index is -3.84. The zero-order chi connectivity index (χ0) is 19.9. The normalized spacial score (nSPS) is 11.6. The van der Waals surface area contributed by atoms with E-state index in [9.17, 15) is 13.2 Å². The summed E-state index contributed by atoms with van der Waals surface area (Å²) in [5.41, 5.74) is 2.09. The van der Waals surface area contributed by atoms with Crippen molar-refractivity contribution in [1.29, 1.82) is 0 Å². The molecular weight excluding hydrogens is 396 g/mol. The number of anilines is 1. The van der Waals surface area contributed by atoms with E-state index in [0.717, 1.165) is 21.6 Å². The van der Waals surface area contributed by atoms with E-state index in [4.69, 9.17) is 5.14 Å². The van der Waals surface area contributed by atoms with Crippen molar-refractivity contribution < 1.29 is 13.2 Å². The number of amides is 1. The minimum Gasteiger partial charge on any atom is -0.321 e. The van der Waals surface area contributed by atoms with Crippen LogP contribution in [0.5, 0.6) is 0 Å². The van der Waals surface area contributed by atoms with Crippen molar-refractivity contribution in [3.8, 4) is 5.69 Å². The number of hydrogen-bond acceptors (Lipinski definition) is 5. The molecule has 7 nitrogen and oxygen atoms in total. The molecule has 0 fully saturated rings. The lowest BCUT2D eigenvalue weighted by atomic mass is 10.3. The first-order valence-electron chi connectivity index (χ1n) is 8.32. The number of primary sulfonamides is 1. The van der Waals surface area contributed by atoms with Crippen LogP contribution in [-0.4, -0.2) is 24.1 Å². The summed E-state index contributed by atoms with van der Waals surface area (Å²) in [6.07, 6.45) is 0. The second kappa shape index (κ2) is 6.86. The predicted molar refractivity (Wildman–Crippen MR) is 109 cm³/mol. The van der Waals surface area contributed by atoms with Crippen molar-refractivity contribution in [2.75, 3.05) is 5.32 Å². The second-order valence-electron chi connectivity index (χ2n) is 6.19. The summed E-state index contributed by atoms with van der Waals surface area (Å²) >= 11 is 1.32. The van der Waals surface area contributed by atoms with Crippen LogP contribution in [0.1, 0.15) is 15.4 Å². The zero-order valence-corrected chi connectivity index (χ0v) is 16.4. The summed E-state index contributed by atoms with van der Waals surface area (Å²) in [5, 5.41) is 13.3. The maximum Gasteiger partial charge on any atom is 0.265 e. The summed E-state index contributed by atoms with van der Waals surface area (Å²) in [7, 11) is -3.84. The van der Waals surface area contributed by atoms with Crippen LogP contribution in [0.25, 0.3) is 15.9 Å². The highest BCUT2D eigenvalue weighted by Crippen LogP contribution is 2.31. The van der Waals surface area contributed by atoms with E-state index < -0.39 is 10.0 Å². The molecular formula is C19H16N4O3S2. The summed E-state index contributed by atoms with van der Waals surface area (Å²) in [5.74, 6) is -0.327. The molecule has 0 saturated carbocycles. The number of fused-ring (bicyclic) bond motifs is 1. The lowest BCUT2D eigenvalue weighted by Gasteiger charge is -2.05. The number of rotatable bonds is 4. The molecule has 2 aromatic heterocycles. The third-order valence-corrected chi connectivity index (χ3v) is 6.21. The van der Waals surface area contributed by atoms with Gasteiger partial charge in [-0.25, -0.2) is 18.2 Å². The van der Waals surface area contributed by atoms with Gasteiger partial charge in [-0.2, -0.15) is 5.10 Å². The van der Waals surface area contributed by atoms with Crippen LogP contribution in [0, 0.1) is 6.92 Å². The molecule has 4 aromatic rings. The number of nitrogens with two attached hydrogens (primary N) is 1. The first kappa shape index (κ1) is 18.4. The SMILES string of the molecule is Cc1nn(-c2ccccc2)c2sc(C(=O)Nc3cccc(S(N)(=O)=O)c3)cc12. The number of aryl methyl sites for hydroxylation is 1. The lowest BCUT2D eigenvalue weighted by molar-refractivity contribution is 0.103. The molecule has 142 valence electrons. The highest BCUT2D eigenvalue weighted by molar-refractivity contribution is 7.89. The Bertz CT molecular complexity index is 1290. The van der Waals surface area contributed by atoms with Gasteiger partial charge in [-0.3, -0.25) is 4.79 Å². The molecule has 0 radical (unpaired) electrons. The molecule has 0 saturated heterocycles. The van der Waals surface area contributed by atoms with Crippen LogP contribution in [0.3, 0.4) is 0 Å². The van der Waals surface area contributed by atoms with Crippen molar-refractivity contribution in [3.05, 3.63) is 71.2 Å². The summed E-state index contributed by atoms with van der Waals surface area (Å²) in [6.45, 7) is 1.89. The quantitative estimate of drug-likeness (QED) is 0.536. The molecule has 0 aliphatic carbocycles. The largest absolute Gasteiger partial charge is 0.321 e. The fourth-order valence-electron chi connectivity index (χ4n) is 2.85. The number of para-hydroxylation sites is 1. The molecule has 0 unspecified atom stereocenters. The van der Waals surface area contributed by atoms with Gasteiger partial charge in [0.25, 0.3) is 5.91 Å². The topological polar surface area (TPSA) is 107 Å². The van der Waals surface area contributed by atoms with Crippen molar-refractivity contribution in [3.63, 3.8) is 0 Å². The van der Waals surface area contributed by atoms with Crippen molar-refractivity contribution in [2.45, 2.75) is 11.8 Å². The van der Waals surface area contributed by atoms with Gasteiger partial charge in [-0.05, 0) is 43.3 Å². The lowest BCUT2D eigenvalue weighted by Crippen LogP contribution is -2.14. The average molecular weight is 412 g/mol. The second-order valence-corrected chi connectivity index (χ2v) is 8.78. The molecule has 2 aromatic carbocycles. The van der Waals surface area contributed by atoms with E-state index in [0.29, 0.717) is 10.6 Å². The zero-order valence-electron chi connectivity index (χ0n) is 14.8. The fourth-order valence-corrected chi connectivity index (χ4v) is 4.48. The average Bonchev–Trinajstić information content (AvgIpc) is 3.23. The molecule has 0 bridgehead atoms. The van der Waals surface area contributed by atoms with E-state index in [1.54, 1.807) is 12.1 Å². The highest BCUT2D eigenvalue weighted by atomic mass is 32.2. The van der Waals surface area contributed by atoms with Gasteiger partial charge in [-0.15, -0.1) is 11.3 Å². The summed E-state index contributed by atoms with van der Waals surface area (Å²) in [6, 6.07) is 17.3. The molecule has 0 aliphatic heterocycles. The number of hydrogen-bond donors (Lipinski definition) is 2. The van der Waals surface area contributed by atoms with Gasteiger partial charge in [0.05, 0.1) is 21.2 Å². The Morgan fingerprint density at radius 1 is 1.11 bits per heavy atom. The number of aromatic nitrogens is 2. The van der Waals surface area contributed by atoms with Crippen molar-refractivity contribution >= 4 is 43.2 Å². The first-order chi connectivity index (χ1) is 13.3. The minimum absolute atomic E-state index is 0.0581. The molecule has 9 heteroatoms. The fraction of sp³-hybridized carbons (Fsp3) is 0.0526. The number of nitrogens with one attached hydrogen (secondary N) is 1. The van der Waals surface area contributed by atoms with Crippen molar-refractivity contribution in [1.82, 2.24) is 9.78 Å². The number of nitrogens with zero attached hydrogens (tertiary/aromatic N) is 2. The summed E-state index contributed by atoms with van der Waals surface area (Å²) < 4.78 is 24.8. The number of sulfonamides is 1. The van der Waals surface area contributed by atoms with Crippen LogP contribution in [0.15, 0.2) is 65.6 Å². The standard InChI is InChI=1S/C19H16N4O3S2/c1-12-16-11-17(27-19(16)23(22-12)14-7-3-2-4-8-14)18(24)21-13-6-5-9-15(10-13)28(20,25)26/h2-11H,1H3,(H,21,24)(H2,20,25,26). The predicted octanol–water partition coefficient (Wildman–Crippen LogP) is 3.30. The third kappa shape index (κ3) is 3.42. The van der Waals surface area contributed by atoms with E-state index in [-0.39, 0.29) is 10.8 Å². The van der Waals surface area contributed by atoms with E-state index >= 15 is 0 Å². The van der Waals surface area contributed by atoms with E-state index in [1.807, 2.05) is 41.9 Å². The molecule has 0 spiro atoms. The van der Waals surface area contributed by atoms with E-state index in [2.05, 4.69) is 10.4 Å². The molecule has 1 amide bonds. The van der Waals surface area contributed by atoms with Crippen LogP contribution in [-0.2, 0) is 10.0 Å². The number of benzene rings is 2. The summed E-state index contributed by atoms with van der Waals surface area (Å²) in [4.78, 5) is 14.0. The Morgan fingerprint density at radius 2 is 1.86 bits per heavy atom. The number of carbonyl (C=O) groups excluding carboxylic acids is 1. The van der Waals surface area contributed by atoms with Gasteiger partial charge in [0, 0.05) is 11.1 Å². The Morgan fingerprint density at radius 3 is 2.57 bits per heavy atom. The monoisotopic (exact) mass is 412 g/mol. The smallest absolute Gasteiger partial charge is 0.265 e. The molecule has 28 heavy (non-hydrogen) atoms. The Hall–Kier alpha value is -3.01. The molecule has 4 rings (SSSR count). The van der Waals surface area contributed by atoms with Crippen molar-refractivity contribution in [2.24, 2.45) is 5.14 Å². The molecule has 2 heterocycles. The molecule has 3 N–H and O–H groups in total. The molecule has 0 aliphatic rings. The maximum absolute atomic E-state index is 12.7. The maximum atomic E-state index is 12.7. The third-order valence-electron chi connectivity index (χ3n) is 4.19. The highest BCUT2D eigenvalue weighted by Gasteiger charge is 2.18. The van der Waals surface area contributed by atoms with Gasteiger partial charge in [0.15, 0.2) is 0 Å². The van der Waals surface area contributed by atoms with Gasteiger partial charge in [-0.1, -0.05) is 24.3 Å². The van der Waals surface area contributed by atoms with Gasteiger partial charge < -0.3 is 5.32 Å². The van der Waals surface area contributed by atoms with Crippen LogP contribution in [0.2, 0.25) is 0 Å². The van der Waals surface area contributed by atoms with Gasteiger partial charge >= 0.3 is 0 Å². The van der Waals surface area contributed by atoms with Crippen LogP contribution < -0.4 is 10.5 Å². The van der Waals surface area contributed by atoms with Crippen LogP contribution in [0.4, 0.5) is 5.69 Å². The first-order valence-corrected chi connectivity index (χ1v) is 10.7. The molecule has 0 atom stereocenters. The number of carbonyl (C=O) groups is 1. The van der Waals surface area contributed by atoms with Crippen LogP contribution >= 0.6 is 11.3 Å². The van der Waals surface area contributed by atoms with E-state index in [1.165, 1.54) is 29.5 Å².